The fourth-order valence-corrected chi connectivity index (χ4v) is 6.10. The summed E-state index contributed by atoms with van der Waals surface area (Å²) in [6.45, 7) is 9.12. The Morgan fingerprint density at radius 1 is 1.23 bits per heavy atom. The van der Waals surface area contributed by atoms with Crippen LogP contribution in [-0.2, 0) is 4.79 Å². The van der Waals surface area contributed by atoms with E-state index >= 15 is 0 Å². The van der Waals surface area contributed by atoms with Crippen molar-refractivity contribution in [1.82, 2.24) is 0 Å². The van der Waals surface area contributed by atoms with Crippen molar-refractivity contribution in [3.05, 3.63) is 11.6 Å². The molecule has 0 aromatic rings. The molecule has 0 radical (unpaired) electrons. The van der Waals surface area contributed by atoms with Gasteiger partial charge in [0.1, 0.15) is 0 Å². The lowest BCUT2D eigenvalue weighted by Crippen LogP contribution is -2.54. The highest BCUT2D eigenvalue weighted by molar-refractivity contribution is 5.75. The zero-order chi connectivity index (χ0) is 16.2. The lowest BCUT2D eigenvalue weighted by Gasteiger charge is -2.59. The van der Waals surface area contributed by atoms with Crippen LogP contribution in [0.5, 0.6) is 0 Å². The van der Waals surface area contributed by atoms with Gasteiger partial charge in [-0.05, 0) is 74.5 Å². The van der Waals surface area contributed by atoms with Crippen LogP contribution in [0.15, 0.2) is 11.6 Å². The summed E-state index contributed by atoms with van der Waals surface area (Å²) in [5, 5.41) is 9.85. The molecule has 5 atom stereocenters. The van der Waals surface area contributed by atoms with Crippen molar-refractivity contribution in [3.8, 4) is 0 Å². The number of aliphatic carboxylic acids is 1. The van der Waals surface area contributed by atoms with Crippen molar-refractivity contribution in [3.63, 3.8) is 0 Å². The predicted molar refractivity (Wildman–Crippen MR) is 89.6 cm³/mol. The van der Waals surface area contributed by atoms with Crippen LogP contribution in [0.4, 0.5) is 0 Å². The second-order valence-electron chi connectivity index (χ2n) is 8.99. The Balaban J connectivity index is 1.97. The SMILES string of the molecule is CCC1(C)C=C2CCC3C(C)(C(=O)O)CCCC3(C)C2CC1. The molecular weight excluding hydrogens is 272 g/mol. The van der Waals surface area contributed by atoms with Crippen molar-refractivity contribution >= 4 is 5.97 Å². The summed E-state index contributed by atoms with van der Waals surface area (Å²) >= 11 is 0. The number of carboxylic acid groups (broad SMARTS) is 1. The van der Waals surface area contributed by atoms with Gasteiger partial charge < -0.3 is 5.11 Å². The number of rotatable bonds is 2. The molecule has 0 aliphatic heterocycles. The lowest BCUT2D eigenvalue weighted by molar-refractivity contribution is -0.164. The molecule has 124 valence electrons. The molecule has 2 nitrogen and oxygen atoms in total. The van der Waals surface area contributed by atoms with Gasteiger partial charge >= 0.3 is 5.97 Å². The maximum atomic E-state index is 12.0. The number of allylic oxidation sites excluding steroid dienone is 2. The Hall–Kier alpha value is -0.790. The molecule has 0 bridgehead atoms. The maximum absolute atomic E-state index is 12.0. The number of carboxylic acids is 1. The Morgan fingerprint density at radius 2 is 1.95 bits per heavy atom. The number of fused-ring (bicyclic) bond motifs is 3. The predicted octanol–water partition coefficient (Wildman–Crippen LogP) is 5.43. The molecule has 0 spiro atoms. The van der Waals surface area contributed by atoms with E-state index in [0.717, 1.165) is 25.7 Å². The van der Waals surface area contributed by atoms with Crippen LogP contribution < -0.4 is 0 Å². The molecule has 0 aromatic heterocycles. The van der Waals surface area contributed by atoms with Gasteiger partial charge in [0.15, 0.2) is 0 Å². The Labute approximate surface area is 135 Å². The molecular formula is C20H32O2. The molecule has 3 aliphatic rings. The third-order valence-electron chi connectivity index (χ3n) is 7.78. The largest absolute Gasteiger partial charge is 0.481 e. The van der Waals surface area contributed by atoms with Crippen LogP contribution in [0.3, 0.4) is 0 Å². The van der Waals surface area contributed by atoms with Crippen molar-refractivity contribution in [2.75, 3.05) is 0 Å². The molecule has 2 saturated carbocycles. The Morgan fingerprint density at radius 3 is 2.59 bits per heavy atom. The molecule has 22 heavy (non-hydrogen) atoms. The summed E-state index contributed by atoms with van der Waals surface area (Å²) in [5.74, 6) is 0.411. The first-order chi connectivity index (χ1) is 10.3. The van der Waals surface area contributed by atoms with E-state index in [9.17, 15) is 9.90 Å². The maximum Gasteiger partial charge on any atom is 0.309 e. The van der Waals surface area contributed by atoms with Crippen molar-refractivity contribution in [2.24, 2.45) is 28.1 Å². The summed E-state index contributed by atoms with van der Waals surface area (Å²) in [6, 6.07) is 0. The zero-order valence-corrected chi connectivity index (χ0v) is 14.7. The van der Waals surface area contributed by atoms with Gasteiger partial charge in [-0.25, -0.2) is 0 Å². The van der Waals surface area contributed by atoms with E-state index < -0.39 is 11.4 Å². The van der Waals surface area contributed by atoms with Crippen LogP contribution in [0.2, 0.25) is 0 Å². The summed E-state index contributed by atoms with van der Waals surface area (Å²) in [5.41, 5.74) is 1.72. The van der Waals surface area contributed by atoms with Gasteiger partial charge in [0.25, 0.3) is 0 Å². The van der Waals surface area contributed by atoms with E-state index in [1.807, 2.05) is 6.92 Å². The molecule has 0 saturated heterocycles. The van der Waals surface area contributed by atoms with Gasteiger partial charge in [0.2, 0.25) is 0 Å². The minimum Gasteiger partial charge on any atom is -0.481 e. The van der Waals surface area contributed by atoms with E-state index in [2.05, 4.69) is 26.8 Å². The standard InChI is InChI=1S/C20H32O2/c1-5-18(2)12-9-15-14(13-18)7-8-16-19(15,3)10-6-11-20(16,4)17(21)22/h13,15-16H,5-12H2,1-4H3,(H,21,22). The lowest BCUT2D eigenvalue weighted by atomic mass is 9.45. The molecule has 0 heterocycles. The highest BCUT2D eigenvalue weighted by Crippen LogP contribution is 2.64. The summed E-state index contributed by atoms with van der Waals surface area (Å²) < 4.78 is 0. The smallest absolute Gasteiger partial charge is 0.309 e. The van der Waals surface area contributed by atoms with Gasteiger partial charge in [-0.3, -0.25) is 4.79 Å². The fourth-order valence-electron chi connectivity index (χ4n) is 6.10. The quantitative estimate of drug-likeness (QED) is 0.691. The second-order valence-corrected chi connectivity index (χ2v) is 8.99. The van der Waals surface area contributed by atoms with E-state index in [0.29, 0.717) is 17.3 Å². The van der Waals surface area contributed by atoms with Crippen LogP contribution in [0.1, 0.15) is 79.1 Å². The van der Waals surface area contributed by atoms with E-state index in [-0.39, 0.29) is 5.41 Å². The van der Waals surface area contributed by atoms with Crippen molar-refractivity contribution < 1.29 is 9.90 Å². The fraction of sp³-hybridized carbons (Fsp3) is 0.850. The first-order valence-corrected chi connectivity index (χ1v) is 9.20. The highest BCUT2D eigenvalue weighted by atomic mass is 16.4. The first-order valence-electron chi connectivity index (χ1n) is 9.20. The molecule has 2 heteroatoms. The monoisotopic (exact) mass is 304 g/mol. The van der Waals surface area contributed by atoms with Gasteiger partial charge in [-0.2, -0.15) is 0 Å². The van der Waals surface area contributed by atoms with Crippen LogP contribution >= 0.6 is 0 Å². The molecule has 3 aliphatic carbocycles. The van der Waals surface area contributed by atoms with Crippen molar-refractivity contribution in [1.29, 1.82) is 0 Å². The van der Waals surface area contributed by atoms with E-state index in [4.69, 9.17) is 0 Å². The molecule has 3 rings (SSSR count). The molecule has 0 amide bonds. The summed E-state index contributed by atoms with van der Waals surface area (Å²) in [6.07, 6.45) is 11.7. The van der Waals surface area contributed by atoms with Gasteiger partial charge in [0, 0.05) is 0 Å². The zero-order valence-electron chi connectivity index (χ0n) is 14.7. The molecule has 1 N–H and O–H groups in total. The molecule has 0 aromatic carbocycles. The third-order valence-corrected chi connectivity index (χ3v) is 7.78. The summed E-state index contributed by atoms with van der Waals surface area (Å²) in [4.78, 5) is 12.0. The average molecular weight is 304 g/mol. The van der Waals surface area contributed by atoms with Crippen molar-refractivity contribution in [2.45, 2.75) is 79.1 Å². The number of hydrogen-bond donors (Lipinski definition) is 1. The molecule has 5 unspecified atom stereocenters. The molecule has 2 fully saturated rings. The van der Waals surface area contributed by atoms with Gasteiger partial charge in [-0.1, -0.05) is 38.8 Å². The van der Waals surface area contributed by atoms with Gasteiger partial charge in [0.05, 0.1) is 5.41 Å². The van der Waals surface area contributed by atoms with Crippen LogP contribution in [-0.4, -0.2) is 11.1 Å². The Bertz CT molecular complexity index is 508. The minimum atomic E-state index is -0.565. The van der Waals surface area contributed by atoms with E-state index in [1.165, 1.54) is 25.7 Å². The van der Waals surface area contributed by atoms with Crippen LogP contribution in [0, 0.1) is 28.1 Å². The topological polar surface area (TPSA) is 37.3 Å². The number of hydrogen-bond acceptors (Lipinski definition) is 1. The number of carbonyl (C=O) groups is 1. The second kappa shape index (κ2) is 5.11. The van der Waals surface area contributed by atoms with Crippen LogP contribution in [0.25, 0.3) is 0 Å². The minimum absolute atomic E-state index is 0.199. The normalized spacial score (nSPS) is 48.1. The highest BCUT2D eigenvalue weighted by Gasteiger charge is 2.58. The van der Waals surface area contributed by atoms with E-state index in [1.54, 1.807) is 5.57 Å². The summed E-state index contributed by atoms with van der Waals surface area (Å²) in [7, 11) is 0. The first kappa shape index (κ1) is 16.1. The average Bonchev–Trinajstić information content (AvgIpc) is 2.46. The van der Waals surface area contributed by atoms with Gasteiger partial charge in [-0.15, -0.1) is 0 Å². The Kier molecular flexibility index (Phi) is 3.73. The third kappa shape index (κ3) is 2.17.